The molecule has 3 rings (SSSR count). The largest absolute Gasteiger partial charge is 0.446 e. The average Bonchev–Trinajstić information content (AvgIpc) is 2.77. The molecule has 1 atom stereocenters. The van der Waals surface area contributed by atoms with Crippen molar-refractivity contribution >= 4 is 33.4 Å². The van der Waals surface area contributed by atoms with Gasteiger partial charge in [0.2, 0.25) is 15.9 Å². The summed E-state index contributed by atoms with van der Waals surface area (Å²) in [5, 5.41) is 0. The third-order valence-corrected chi connectivity index (χ3v) is 6.96. The van der Waals surface area contributed by atoms with E-state index < -0.39 is 16.1 Å². The number of nitrogens with two attached hydrogens (primary N) is 1. The first-order valence-electron chi connectivity index (χ1n) is 11.3. The zero-order valence-electron chi connectivity index (χ0n) is 19.9. The van der Waals surface area contributed by atoms with E-state index in [1.807, 2.05) is 19.1 Å². The zero-order valence-corrected chi connectivity index (χ0v) is 20.8. The maximum atomic E-state index is 12.8. The number of nitrogens with zero attached hydrogens (tertiary/aromatic N) is 2. The number of fused-ring (bicyclic) bond motifs is 1. The lowest BCUT2D eigenvalue weighted by Crippen LogP contribution is -2.51. The second-order valence-corrected chi connectivity index (χ2v) is 10.3. The number of carbonyl (C=O) groups excluding carboxylic acids is 2. The van der Waals surface area contributed by atoms with Crippen LogP contribution in [0.25, 0.3) is 11.1 Å². The predicted octanol–water partition coefficient (Wildman–Crippen LogP) is 3.09. The van der Waals surface area contributed by atoms with E-state index in [0.717, 1.165) is 11.1 Å². The molecule has 10 heteroatoms. The van der Waals surface area contributed by atoms with Crippen molar-refractivity contribution in [3.63, 3.8) is 0 Å². The number of ether oxygens (including phenoxy) is 1. The van der Waals surface area contributed by atoms with Crippen molar-refractivity contribution in [2.75, 3.05) is 29.4 Å². The number of rotatable bonds is 7. The predicted molar refractivity (Wildman–Crippen MR) is 132 cm³/mol. The number of anilines is 2. The summed E-state index contributed by atoms with van der Waals surface area (Å²) in [7, 11) is -3.62. The highest BCUT2D eigenvalue weighted by molar-refractivity contribution is 7.89. The van der Waals surface area contributed by atoms with Gasteiger partial charge < -0.3 is 15.4 Å². The first-order valence-corrected chi connectivity index (χ1v) is 12.8. The summed E-state index contributed by atoms with van der Waals surface area (Å²) in [6.07, 6.45) is -0.209. The second-order valence-electron chi connectivity index (χ2n) is 8.55. The van der Waals surface area contributed by atoms with Crippen LogP contribution in [0.1, 0.15) is 34.1 Å². The zero-order chi connectivity index (χ0) is 25.0. The van der Waals surface area contributed by atoms with Crippen LogP contribution < -0.4 is 20.3 Å². The summed E-state index contributed by atoms with van der Waals surface area (Å²) >= 11 is 0. The summed E-state index contributed by atoms with van der Waals surface area (Å²) in [5.41, 5.74) is 8.16. The van der Waals surface area contributed by atoms with Crippen LogP contribution in [0, 0.1) is 0 Å². The molecule has 0 bridgehead atoms. The van der Waals surface area contributed by atoms with E-state index in [-0.39, 0.29) is 29.5 Å². The van der Waals surface area contributed by atoms with Crippen molar-refractivity contribution in [2.45, 2.75) is 51.2 Å². The molecular formula is C24H32N4O5S. The van der Waals surface area contributed by atoms with E-state index in [4.69, 9.17) is 10.5 Å². The molecule has 2 amide bonds. The number of amides is 2. The summed E-state index contributed by atoms with van der Waals surface area (Å²) in [5.74, 6) is -0.116. The molecule has 2 aromatic carbocycles. The normalized spacial score (nSPS) is 15.9. The Balaban J connectivity index is 1.97. The molecule has 184 valence electrons. The van der Waals surface area contributed by atoms with Crippen molar-refractivity contribution < 1.29 is 22.7 Å². The van der Waals surface area contributed by atoms with Gasteiger partial charge in [-0.25, -0.2) is 17.9 Å². The number of nitrogens with one attached hydrogen (secondary N) is 1. The minimum absolute atomic E-state index is 0.116. The third-order valence-electron chi connectivity index (χ3n) is 5.48. The molecule has 1 aliphatic heterocycles. The fourth-order valence-electron chi connectivity index (χ4n) is 3.94. The van der Waals surface area contributed by atoms with Gasteiger partial charge in [-0.05, 0) is 69.1 Å². The Kier molecular flexibility index (Phi) is 7.96. The molecule has 9 nitrogen and oxygen atoms in total. The lowest BCUT2D eigenvalue weighted by molar-refractivity contribution is -0.117. The van der Waals surface area contributed by atoms with Gasteiger partial charge in [-0.2, -0.15) is 0 Å². The van der Waals surface area contributed by atoms with Crippen LogP contribution in [0.15, 0.2) is 47.4 Å². The van der Waals surface area contributed by atoms with Gasteiger partial charge in [-0.15, -0.1) is 0 Å². The Hall–Kier alpha value is -2.95. The minimum Gasteiger partial charge on any atom is -0.446 e. The molecule has 0 saturated carbocycles. The maximum absolute atomic E-state index is 12.8. The van der Waals surface area contributed by atoms with E-state index in [1.165, 1.54) is 19.1 Å². The fourth-order valence-corrected chi connectivity index (χ4v) is 5.02. The topological polar surface area (TPSA) is 122 Å². The van der Waals surface area contributed by atoms with E-state index >= 15 is 0 Å². The molecule has 1 heterocycles. The van der Waals surface area contributed by atoms with Gasteiger partial charge in [0.1, 0.15) is 0 Å². The lowest BCUT2D eigenvalue weighted by atomic mass is 10.0. The molecule has 0 radical (unpaired) electrons. The minimum atomic E-state index is -3.62. The summed E-state index contributed by atoms with van der Waals surface area (Å²) in [4.78, 5) is 28.5. The van der Waals surface area contributed by atoms with Crippen LogP contribution in [0.3, 0.4) is 0 Å². The van der Waals surface area contributed by atoms with Gasteiger partial charge >= 0.3 is 6.09 Å². The van der Waals surface area contributed by atoms with Gasteiger partial charge in [0.25, 0.3) is 0 Å². The highest BCUT2D eigenvalue weighted by Crippen LogP contribution is 2.39. The number of sulfonamides is 1. The molecular weight excluding hydrogens is 456 g/mol. The van der Waals surface area contributed by atoms with Crippen molar-refractivity contribution in [3.05, 3.63) is 42.5 Å². The Morgan fingerprint density at radius 2 is 1.76 bits per heavy atom. The van der Waals surface area contributed by atoms with Crippen molar-refractivity contribution in [1.29, 1.82) is 0 Å². The maximum Gasteiger partial charge on any atom is 0.414 e. The molecule has 0 unspecified atom stereocenters. The summed E-state index contributed by atoms with van der Waals surface area (Å²) in [6, 6.07) is 11.8. The molecule has 2 aromatic rings. The Morgan fingerprint density at radius 3 is 2.35 bits per heavy atom. The van der Waals surface area contributed by atoms with Gasteiger partial charge in [-0.3, -0.25) is 9.69 Å². The molecule has 3 N–H and O–H groups in total. The van der Waals surface area contributed by atoms with Crippen LogP contribution in [0.2, 0.25) is 0 Å². The summed E-state index contributed by atoms with van der Waals surface area (Å²) in [6.45, 7) is 7.93. The van der Waals surface area contributed by atoms with Crippen molar-refractivity contribution in [3.8, 4) is 11.1 Å². The third kappa shape index (κ3) is 5.57. The standard InChI is InChI=1S/C24H32N4O5S/c1-16(2)33-24(30)27-15-17(3)28(18(4)29)22-11-8-20(14-23(22)27)19-6-9-21(10-7-19)34(31,32)26-13-5-12-25/h6-11,14,16-17,26H,5,12-13,15,25H2,1-4H3/t17-/m0/s1. The van der Waals surface area contributed by atoms with Crippen molar-refractivity contribution in [1.82, 2.24) is 4.72 Å². The van der Waals surface area contributed by atoms with E-state index in [2.05, 4.69) is 4.72 Å². The van der Waals surface area contributed by atoms with Crippen LogP contribution in [0.4, 0.5) is 16.2 Å². The molecule has 0 fully saturated rings. The SMILES string of the molecule is CC(=O)N1c2ccc(-c3ccc(S(=O)(=O)NCCCN)cc3)cc2N(C(=O)OC(C)C)C[C@@H]1C. The molecule has 0 aliphatic carbocycles. The van der Waals surface area contributed by atoms with Gasteiger partial charge in [-0.1, -0.05) is 18.2 Å². The highest BCUT2D eigenvalue weighted by Gasteiger charge is 2.34. The first kappa shape index (κ1) is 25.7. The Labute approximate surface area is 200 Å². The summed E-state index contributed by atoms with van der Waals surface area (Å²) < 4.78 is 32.8. The lowest BCUT2D eigenvalue weighted by Gasteiger charge is -2.40. The van der Waals surface area contributed by atoms with Crippen LogP contribution in [0.5, 0.6) is 0 Å². The van der Waals surface area contributed by atoms with Crippen LogP contribution >= 0.6 is 0 Å². The number of carbonyl (C=O) groups is 2. The van der Waals surface area contributed by atoms with Crippen molar-refractivity contribution in [2.24, 2.45) is 5.73 Å². The van der Waals surface area contributed by atoms with Gasteiger partial charge in [0, 0.05) is 20.0 Å². The molecule has 34 heavy (non-hydrogen) atoms. The quantitative estimate of drug-likeness (QED) is 0.578. The number of benzene rings is 2. The average molecular weight is 489 g/mol. The smallest absolute Gasteiger partial charge is 0.414 e. The highest BCUT2D eigenvalue weighted by atomic mass is 32.2. The second kappa shape index (κ2) is 10.5. The number of hydrogen-bond acceptors (Lipinski definition) is 6. The Bertz CT molecular complexity index is 1150. The van der Waals surface area contributed by atoms with E-state index in [9.17, 15) is 18.0 Å². The molecule has 1 aliphatic rings. The van der Waals surface area contributed by atoms with Crippen LogP contribution in [-0.4, -0.2) is 52.2 Å². The van der Waals surface area contributed by atoms with Crippen LogP contribution in [-0.2, 0) is 19.6 Å². The van der Waals surface area contributed by atoms with E-state index in [1.54, 1.807) is 41.8 Å². The van der Waals surface area contributed by atoms with E-state index in [0.29, 0.717) is 30.9 Å². The van der Waals surface area contributed by atoms with Gasteiger partial charge in [0.15, 0.2) is 0 Å². The Morgan fingerprint density at radius 1 is 1.12 bits per heavy atom. The first-order chi connectivity index (χ1) is 16.0. The monoisotopic (exact) mass is 488 g/mol. The fraction of sp³-hybridized carbons (Fsp3) is 0.417. The number of hydrogen-bond donors (Lipinski definition) is 2. The van der Waals surface area contributed by atoms with Gasteiger partial charge in [0.05, 0.1) is 28.4 Å². The molecule has 0 saturated heterocycles. The molecule has 0 aromatic heterocycles. The molecule has 0 spiro atoms.